The lowest BCUT2D eigenvalue weighted by Gasteiger charge is -2.09. The average Bonchev–Trinajstić information content (AvgIpc) is 3.20. The minimum absolute atomic E-state index is 0.249. The van der Waals surface area contributed by atoms with E-state index in [1.54, 1.807) is 68.0 Å². The smallest absolute Gasteiger partial charge is 0.255 e. The third-order valence-corrected chi connectivity index (χ3v) is 4.64. The number of benzene rings is 2. The average molecular weight is 476 g/mol. The quantitative estimate of drug-likeness (QED) is 0.526. The number of hydrogen-bond donors (Lipinski definition) is 2. The highest BCUT2D eigenvalue weighted by Crippen LogP contribution is 2.22. The number of hydrogen-bond acceptors (Lipinski definition) is 4. The molecule has 0 fully saturated rings. The summed E-state index contributed by atoms with van der Waals surface area (Å²) >= 11 is 2.11. The summed E-state index contributed by atoms with van der Waals surface area (Å²) in [5.74, 6) is 0.870. The molecule has 27 heavy (non-hydrogen) atoms. The lowest BCUT2D eigenvalue weighted by atomic mass is 10.1. The minimum atomic E-state index is -0.260. The van der Waals surface area contributed by atoms with Crippen LogP contribution in [-0.2, 0) is 6.54 Å². The number of rotatable bonds is 6. The van der Waals surface area contributed by atoms with Crippen LogP contribution < -0.4 is 15.4 Å². The predicted molar refractivity (Wildman–Crippen MR) is 110 cm³/mol. The fourth-order valence-electron chi connectivity index (χ4n) is 2.43. The molecule has 3 rings (SSSR count). The van der Waals surface area contributed by atoms with E-state index in [-0.39, 0.29) is 11.8 Å². The second kappa shape index (κ2) is 8.72. The molecule has 6 nitrogen and oxygen atoms in total. The van der Waals surface area contributed by atoms with E-state index in [0.29, 0.717) is 34.9 Å². The molecule has 1 aromatic heterocycles. The first-order valence-corrected chi connectivity index (χ1v) is 9.20. The van der Waals surface area contributed by atoms with Gasteiger partial charge in [-0.15, -0.1) is 0 Å². The van der Waals surface area contributed by atoms with E-state index >= 15 is 0 Å². The van der Waals surface area contributed by atoms with Crippen LogP contribution in [0.15, 0.2) is 65.3 Å². The first kappa shape index (κ1) is 19.0. The van der Waals surface area contributed by atoms with E-state index in [0.717, 1.165) is 3.57 Å². The van der Waals surface area contributed by atoms with Crippen molar-refractivity contribution in [1.29, 1.82) is 0 Å². The summed E-state index contributed by atoms with van der Waals surface area (Å²) in [7, 11) is 1.58. The molecule has 0 aliphatic heterocycles. The molecule has 0 bridgehead atoms. The number of ether oxygens (including phenoxy) is 1. The normalized spacial score (nSPS) is 10.3. The number of halogens is 1. The summed E-state index contributed by atoms with van der Waals surface area (Å²) in [4.78, 5) is 24.7. The van der Waals surface area contributed by atoms with Gasteiger partial charge in [0.15, 0.2) is 0 Å². The maximum atomic E-state index is 12.5. The molecule has 0 aliphatic carbocycles. The van der Waals surface area contributed by atoms with Crippen molar-refractivity contribution >= 4 is 40.1 Å². The topological polar surface area (TPSA) is 80.6 Å². The molecule has 0 atom stereocenters. The van der Waals surface area contributed by atoms with E-state index in [1.165, 1.54) is 0 Å². The molecule has 2 N–H and O–H groups in total. The van der Waals surface area contributed by atoms with E-state index in [1.807, 2.05) is 0 Å². The third-order valence-electron chi connectivity index (χ3n) is 3.80. The number of anilines is 1. The second-order valence-electron chi connectivity index (χ2n) is 5.65. The van der Waals surface area contributed by atoms with Crippen molar-refractivity contribution in [3.63, 3.8) is 0 Å². The standard InChI is InChI=1S/C20H17IN2O4/c1-26-18-8-7-14(11-17(18)21)20(25)23-15-5-2-4-13(10-15)19(24)22-12-16-6-3-9-27-16/h2-11H,12H2,1H3,(H,22,24)(H,23,25). The molecular weight excluding hydrogens is 459 g/mol. The summed E-state index contributed by atoms with van der Waals surface area (Å²) in [5, 5.41) is 5.58. The van der Waals surface area contributed by atoms with Gasteiger partial charge in [0.25, 0.3) is 11.8 Å². The van der Waals surface area contributed by atoms with E-state index < -0.39 is 0 Å². The number of methoxy groups -OCH3 is 1. The number of amides is 2. The van der Waals surface area contributed by atoms with Crippen molar-refractivity contribution < 1.29 is 18.7 Å². The highest BCUT2D eigenvalue weighted by molar-refractivity contribution is 14.1. The van der Waals surface area contributed by atoms with E-state index in [4.69, 9.17) is 9.15 Å². The highest BCUT2D eigenvalue weighted by Gasteiger charge is 2.11. The van der Waals surface area contributed by atoms with Crippen LogP contribution in [0.3, 0.4) is 0 Å². The van der Waals surface area contributed by atoms with Gasteiger partial charge in [0.2, 0.25) is 0 Å². The maximum Gasteiger partial charge on any atom is 0.255 e. The summed E-state index contributed by atoms with van der Waals surface area (Å²) in [6, 6.07) is 15.5. The van der Waals surface area contributed by atoms with Crippen LogP contribution in [0.25, 0.3) is 0 Å². The molecule has 138 valence electrons. The molecule has 0 saturated carbocycles. The van der Waals surface area contributed by atoms with Crippen molar-refractivity contribution in [2.24, 2.45) is 0 Å². The van der Waals surface area contributed by atoms with Gasteiger partial charge in [0, 0.05) is 16.8 Å². The van der Waals surface area contributed by atoms with Crippen LogP contribution in [0.2, 0.25) is 0 Å². The summed E-state index contributed by atoms with van der Waals surface area (Å²) in [6.45, 7) is 0.298. The zero-order valence-electron chi connectivity index (χ0n) is 14.5. The van der Waals surface area contributed by atoms with Crippen LogP contribution in [-0.4, -0.2) is 18.9 Å². The first-order chi connectivity index (χ1) is 13.1. The number of carbonyl (C=O) groups excluding carboxylic acids is 2. The SMILES string of the molecule is COc1ccc(C(=O)Nc2cccc(C(=O)NCc3ccco3)c2)cc1I. The van der Waals surface area contributed by atoms with Crippen LogP contribution >= 0.6 is 22.6 Å². The molecule has 2 aromatic carbocycles. The number of carbonyl (C=O) groups is 2. The summed E-state index contributed by atoms with van der Waals surface area (Å²) < 4.78 is 11.2. The fraction of sp³-hybridized carbons (Fsp3) is 0.100. The second-order valence-corrected chi connectivity index (χ2v) is 6.81. The molecule has 2 amide bonds. The monoisotopic (exact) mass is 476 g/mol. The van der Waals surface area contributed by atoms with Gasteiger partial charge >= 0.3 is 0 Å². The Morgan fingerprint density at radius 1 is 1.04 bits per heavy atom. The molecule has 0 aliphatic rings. The first-order valence-electron chi connectivity index (χ1n) is 8.12. The Bertz CT molecular complexity index is 954. The Morgan fingerprint density at radius 2 is 1.85 bits per heavy atom. The summed E-state index contributed by atoms with van der Waals surface area (Å²) in [5.41, 5.74) is 1.49. The van der Waals surface area contributed by atoms with Gasteiger partial charge in [-0.3, -0.25) is 9.59 Å². The van der Waals surface area contributed by atoms with Gasteiger partial charge < -0.3 is 19.8 Å². The molecular formula is C20H17IN2O4. The minimum Gasteiger partial charge on any atom is -0.496 e. The van der Waals surface area contributed by atoms with Crippen molar-refractivity contribution in [2.75, 3.05) is 12.4 Å². The van der Waals surface area contributed by atoms with Gasteiger partial charge in [-0.05, 0) is 71.1 Å². The largest absolute Gasteiger partial charge is 0.496 e. The lowest BCUT2D eigenvalue weighted by Crippen LogP contribution is -2.22. The van der Waals surface area contributed by atoms with Gasteiger partial charge in [-0.2, -0.15) is 0 Å². The van der Waals surface area contributed by atoms with Crippen molar-refractivity contribution in [1.82, 2.24) is 5.32 Å². The van der Waals surface area contributed by atoms with Crippen molar-refractivity contribution in [3.8, 4) is 5.75 Å². The van der Waals surface area contributed by atoms with E-state index in [9.17, 15) is 9.59 Å². The van der Waals surface area contributed by atoms with Crippen molar-refractivity contribution in [2.45, 2.75) is 6.54 Å². The Labute approximate surface area is 170 Å². The Balaban J connectivity index is 1.67. The summed E-state index contributed by atoms with van der Waals surface area (Å²) in [6.07, 6.45) is 1.55. The zero-order chi connectivity index (χ0) is 19.2. The van der Waals surface area contributed by atoms with Crippen LogP contribution in [0.1, 0.15) is 26.5 Å². The fourth-order valence-corrected chi connectivity index (χ4v) is 3.17. The zero-order valence-corrected chi connectivity index (χ0v) is 16.6. The molecule has 0 saturated heterocycles. The van der Waals surface area contributed by atoms with Crippen LogP contribution in [0.5, 0.6) is 5.75 Å². The van der Waals surface area contributed by atoms with Gasteiger partial charge in [0.1, 0.15) is 11.5 Å². The molecule has 0 spiro atoms. The predicted octanol–water partition coefficient (Wildman–Crippen LogP) is 4.08. The molecule has 7 heteroatoms. The van der Waals surface area contributed by atoms with E-state index in [2.05, 4.69) is 33.2 Å². The highest BCUT2D eigenvalue weighted by atomic mass is 127. The van der Waals surface area contributed by atoms with Crippen molar-refractivity contribution in [3.05, 3.63) is 81.3 Å². The molecule has 0 unspecified atom stereocenters. The molecule has 0 radical (unpaired) electrons. The number of nitrogens with one attached hydrogen (secondary N) is 2. The van der Waals surface area contributed by atoms with Gasteiger partial charge in [-0.25, -0.2) is 0 Å². The number of furan rings is 1. The Hall–Kier alpha value is -2.81. The molecule has 1 heterocycles. The van der Waals surface area contributed by atoms with Crippen LogP contribution in [0, 0.1) is 3.57 Å². The molecule has 3 aromatic rings. The van der Waals surface area contributed by atoms with Crippen LogP contribution in [0.4, 0.5) is 5.69 Å². The lowest BCUT2D eigenvalue weighted by molar-refractivity contribution is 0.0946. The third kappa shape index (κ3) is 4.88. The Morgan fingerprint density at radius 3 is 2.56 bits per heavy atom. The van der Waals surface area contributed by atoms with Gasteiger partial charge in [0.05, 0.1) is 23.5 Å². The Kier molecular flexibility index (Phi) is 6.12. The maximum absolute atomic E-state index is 12.5. The van der Waals surface area contributed by atoms with Gasteiger partial charge in [-0.1, -0.05) is 6.07 Å².